The van der Waals surface area contributed by atoms with Gasteiger partial charge in [0.15, 0.2) is 17.3 Å². The maximum Gasteiger partial charge on any atom is 0.257 e. The lowest BCUT2D eigenvalue weighted by atomic mass is 10.2. The molecule has 0 amide bonds. The highest BCUT2D eigenvalue weighted by Gasteiger charge is 2.18. The monoisotopic (exact) mass is 355 g/mol. The quantitative estimate of drug-likeness (QED) is 0.523. The normalized spacial score (nSPS) is 11.0. The molecule has 0 saturated carbocycles. The largest absolute Gasteiger partial charge is 0.288 e. The summed E-state index contributed by atoms with van der Waals surface area (Å²) in [4.78, 5) is 31.2. The second-order valence-electron chi connectivity index (χ2n) is 4.48. The molecule has 3 aromatic heterocycles. The van der Waals surface area contributed by atoms with Crippen molar-refractivity contribution in [2.75, 3.05) is 0 Å². The zero-order valence-electron chi connectivity index (χ0n) is 11.1. The lowest BCUT2D eigenvalue weighted by Gasteiger charge is -2.11. The molecule has 0 aliphatic rings. The van der Waals surface area contributed by atoms with Crippen molar-refractivity contribution in [3.05, 3.63) is 63.2 Å². The minimum absolute atomic E-state index is 0.00794. The van der Waals surface area contributed by atoms with Crippen LogP contribution >= 0.6 is 23.2 Å². The summed E-state index contributed by atoms with van der Waals surface area (Å²) in [5.74, 6) is -2.24. The van der Waals surface area contributed by atoms with Crippen molar-refractivity contribution >= 4 is 39.5 Å². The third kappa shape index (κ3) is 2.69. The first-order valence-electron chi connectivity index (χ1n) is 6.11. The molecular weight excluding hydrogens is 351 g/mol. The molecule has 0 radical (unpaired) electrons. The highest BCUT2D eigenvalue weighted by molar-refractivity contribution is 6.67. The van der Waals surface area contributed by atoms with Gasteiger partial charge in [0.05, 0.1) is 17.1 Å². The Morgan fingerprint density at radius 1 is 1.26 bits per heavy atom. The fraction of sp³-hybridized carbons (Fsp3) is 0. The Balaban J connectivity index is 2.48. The first-order chi connectivity index (χ1) is 10.9. The Hall–Kier alpha value is -2.38. The van der Waals surface area contributed by atoms with Gasteiger partial charge in [-0.15, -0.1) is 0 Å². The fourth-order valence-corrected chi connectivity index (χ4v) is 2.34. The lowest BCUT2D eigenvalue weighted by Crippen LogP contribution is -2.18. The van der Waals surface area contributed by atoms with Crippen molar-refractivity contribution in [2.45, 2.75) is 0 Å². The van der Waals surface area contributed by atoms with Crippen LogP contribution in [0, 0.1) is 11.6 Å². The van der Waals surface area contributed by atoms with Gasteiger partial charge < -0.3 is 0 Å². The van der Waals surface area contributed by atoms with Crippen molar-refractivity contribution in [3.63, 3.8) is 0 Å². The molecule has 0 aliphatic carbocycles. The Kier molecular flexibility index (Phi) is 3.83. The number of nitrogens with zero attached hydrogens (tertiary/aromatic N) is 3. The van der Waals surface area contributed by atoms with Crippen LogP contribution in [0.1, 0.15) is 10.4 Å². The summed E-state index contributed by atoms with van der Waals surface area (Å²) in [7, 11) is 0. The summed E-state index contributed by atoms with van der Waals surface area (Å²) in [6.45, 7) is 0. The molecule has 0 unspecified atom stereocenters. The minimum atomic E-state index is -1.02. The standard InChI is InChI=1S/C14H5Cl2F2N3O2/c15-10-2-1-7-11(22)8(12(16)23)5-21(13(7)20-10)14-9(18)3-6(17)4-19-14/h1-5H. The smallest absolute Gasteiger partial charge is 0.257 e. The van der Waals surface area contributed by atoms with E-state index in [-0.39, 0.29) is 22.0 Å². The SMILES string of the molecule is O=C(Cl)c1cn(-c2ncc(F)cc2F)c2nc(Cl)ccc2c1=O. The fourth-order valence-electron chi connectivity index (χ4n) is 2.07. The third-order valence-electron chi connectivity index (χ3n) is 3.05. The van der Waals surface area contributed by atoms with E-state index in [0.29, 0.717) is 6.07 Å². The van der Waals surface area contributed by atoms with Crippen molar-refractivity contribution in [1.82, 2.24) is 14.5 Å². The summed E-state index contributed by atoms with van der Waals surface area (Å²) in [6.07, 6.45) is 1.78. The van der Waals surface area contributed by atoms with Crippen LogP contribution in [0.25, 0.3) is 16.9 Å². The van der Waals surface area contributed by atoms with E-state index in [1.807, 2.05) is 0 Å². The Morgan fingerprint density at radius 3 is 2.65 bits per heavy atom. The number of hydrogen-bond acceptors (Lipinski definition) is 4. The predicted molar refractivity (Wildman–Crippen MR) is 80.2 cm³/mol. The third-order valence-corrected chi connectivity index (χ3v) is 3.46. The molecule has 0 aliphatic heterocycles. The lowest BCUT2D eigenvalue weighted by molar-refractivity contribution is 0.108. The Labute approximate surface area is 137 Å². The average Bonchev–Trinajstić information content (AvgIpc) is 2.48. The van der Waals surface area contributed by atoms with E-state index in [0.717, 1.165) is 17.0 Å². The summed E-state index contributed by atoms with van der Waals surface area (Å²) < 4.78 is 28.1. The number of hydrogen-bond donors (Lipinski definition) is 0. The van der Waals surface area contributed by atoms with E-state index in [1.54, 1.807) is 0 Å². The van der Waals surface area contributed by atoms with E-state index in [2.05, 4.69) is 9.97 Å². The molecule has 0 atom stereocenters. The average molecular weight is 356 g/mol. The van der Waals surface area contributed by atoms with Crippen LogP contribution in [-0.4, -0.2) is 19.8 Å². The number of halogens is 4. The number of pyridine rings is 3. The number of fused-ring (bicyclic) bond motifs is 1. The maximum absolute atomic E-state index is 14.0. The van der Waals surface area contributed by atoms with Crippen LogP contribution in [0.15, 0.2) is 35.4 Å². The zero-order chi connectivity index (χ0) is 16.7. The van der Waals surface area contributed by atoms with Crippen LogP contribution in [0.2, 0.25) is 5.15 Å². The Morgan fingerprint density at radius 2 is 2.00 bits per heavy atom. The van der Waals surface area contributed by atoms with Gasteiger partial charge in [0.2, 0.25) is 5.43 Å². The van der Waals surface area contributed by atoms with Crippen LogP contribution in [-0.2, 0) is 0 Å². The molecule has 0 aromatic carbocycles. The molecule has 3 aromatic rings. The molecule has 0 saturated heterocycles. The van der Waals surface area contributed by atoms with Gasteiger partial charge in [-0.05, 0) is 23.7 Å². The van der Waals surface area contributed by atoms with Crippen LogP contribution in [0.5, 0.6) is 0 Å². The molecule has 5 nitrogen and oxygen atoms in total. The number of rotatable bonds is 2. The Bertz CT molecular complexity index is 1020. The predicted octanol–water partition coefficient (Wildman–Crippen LogP) is 3.09. The number of carbonyl (C=O) groups excluding carboxylic acids is 1. The van der Waals surface area contributed by atoms with Gasteiger partial charge >= 0.3 is 0 Å². The summed E-state index contributed by atoms with van der Waals surface area (Å²) in [5, 5.41) is -0.993. The summed E-state index contributed by atoms with van der Waals surface area (Å²) >= 11 is 11.2. The molecule has 3 rings (SSSR count). The van der Waals surface area contributed by atoms with Crippen molar-refractivity contribution in [2.24, 2.45) is 0 Å². The second kappa shape index (κ2) is 5.68. The molecule has 9 heteroatoms. The maximum atomic E-state index is 14.0. The highest BCUT2D eigenvalue weighted by Crippen LogP contribution is 2.20. The first-order valence-corrected chi connectivity index (χ1v) is 6.87. The van der Waals surface area contributed by atoms with Crippen molar-refractivity contribution in [1.29, 1.82) is 0 Å². The van der Waals surface area contributed by atoms with Gasteiger partial charge in [-0.2, -0.15) is 0 Å². The van der Waals surface area contributed by atoms with E-state index in [1.165, 1.54) is 12.1 Å². The molecule has 0 spiro atoms. The van der Waals surface area contributed by atoms with Gasteiger partial charge in [-0.3, -0.25) is 14.2 Å². The van der Waals surface area contributed by atoms with Gasteiger partial charge in [0.25, 0.3) is 5.24 Å². The van der Waals surface area contributed by atoms with Crippen LogP contribution < -0.4 is 5.43 Å². The molecule has 116 valence electrons. The number of carbonyl (C=O) groups is 1. The topological polar surface area (TPSA) is 64.8 Å². The molecule has 0 N–H and O–H groups in total. The summed E-state index contributed by atoms with van der Waals surface area (Å²) in [6, 6.07) is 3.28. The molecule has 23 heavy (non-hydrogen) atoms. The van der Waals surface area contributed by atoms with Crippen molar-refractivity contribution < 1.29 is 13.6 Å². The van der Waals surface area contributed by atoms with Gasteiger partial charge in [0.1, 0.15) is 11.0 Å². The van der Waals surface area contributed by atoms with E-state index in [9.17, 15) is 18.4 Å². The van der Waals surface area contributed by atoms with E-state index >= 15 is 0 Å². The summed E-state index contributed by atoms with van der Waals surface area (Å²) in [5.41, 5.74) is -1.11. The molecule has 3 heterocycles. The van der Waals surface area contributed by atoms with Gasteiger partial charge in [0, 0.05) is 12.3 Å². The van der Waals surface area contributed by atoms with Crippen LogP contribution in [0.3, 0.4) is 0 Å². The minimum Gasteiger partial charge on any atom is -0.288 e. The first kappa shape index (κ1) is 15.5. The van der Waals surface area contributed by atoms with E-state index in [4.69, 9.17) is 23.2 Å². The van der Waals surface area contributed by atoms with Gasteiger partial charge in [-0.25, -0.2) is 18.7 Å². The van der Waals surface area contributed by atoms with Gasteiger partial charge in [-0.1, -0.05) is 11.6 Å². The van der Waals surface area contributed by atoms with Crippen molar-refractivity contribution in [3.8, 4) is 5.82 Å². The number of aromatic nitrogens is 3. The molecule has 0 fully saturated rings. The molecular formula is C14H5Cl2F2N3O2. The van der Waals surface area contributed by atoms with Crippen LogP contribution in [0.4, 0.5) is 8.78 Å². The van der Waals surface area contributed by atoms with E-state index < -0.39 is 27.9 Å². The second-order valence-corrected chi connectivity index (χ2v) is 5.21. The zero-order valence-corrected chi connectivity index (χ0v) is 12.6. The molecule has 0 bridgehead atoms. The highest BCUT2D eigenvalue weighted by atomic mass is 35.5.